The molecule has 0 saturated heterocycles. The van der Waals surface area contributed by atoms with Gasteiger partial charge in [-0.25, -0.2) is 0 Å². The highest BCUT2D eigenvalue weighted by Gasteiger charge is 2.19. The second-order valence-electron chi connectivity index (χ2n) is 16.7. The molecule has 0 aromatic heterocycles. The molecular weight excluding hydrogens is 757 g/mol. The Bertz CT molecular complexity index is 1160. The van der Waals surface area contributed by atoms with Gasteiger partial charge in [0.25, 0.3) is 0 Å². The Morgan fingerprint density at radius 3 is 1.11 bits per heavy atom. The molecule has 0 fully saturated rings. The van der Waals surface area contributed by atoms with Crippen LogP contribution in [-0.2, 0) is 28.6 Å². The van der Waals surface area contributed by atoms with Gasteiger partial charge in [-0.15, -0.1) is 0 Å². The standard InChI is InChI=1S/C55H94O6/c1-4-7-10-13-16-19-22-24-26-28-30-31-33-36-39-42-45-48-54(57)60-51-52(50-59-53(56)47-44-41-38-35-21-18-15-12-9-6-3)61-55(58)49-46-43-40-37-34-32-29-27-25-23-20-17-14-11-8-5-2/h8,11,15,17-18,20,25,27,32,34,40,43,52H,4-7,9-10,12-14,16,19,21-24,26,28-31,33,35-39,41-42,44-51H2,1-3H3/b11-8-,18-15-,20-17-,27-25-,34-32-,43-40-. The second-order valence-corrected chi connectivity index (χ2v) is 16.7. The molecule has 0 heterocycles. The molecule has 0 N–H and O–H groups in total. The van der Waals surface area contributed by atoms with Crippen LogP contribution >= 0.6 is 0 Å². The lowest BCUT2D eigenvalue weighted by Crippen LogP contribution is -2.30. The van der Waals surface area contributed by atoms with E-state index >= 15 is 0 Å². The number of hydrogen-bond acceptors (Lipinski definition) is 6. The van der Waals surface area contributed by atoms with Gasteiger partial charge in [0, 0.05) is 19.3 Å². The number of ether oxygens (including phenoxy) is 3. The summed E-state index contributed by atoms with van der Waals surface area (Å²) in [6.07, 6.45) is 61.9. The molecule has 1 atom stereocenters. The summed E-state index contributed by atoms with van der Waals surface area (Å²) in [7, 11) is 0. The van der Waals surface area contributed by atoms with E-state index in [1.54, 1.807) is 0 Å². The summed E-state index contributed by atoms with van der Waals surface area (Å²) in [5.41, 5.74) is 0. The van der Waals surface area contributed by atoms with E-state index in [4.69, 9.17) is 14.2 Å². The van der Waals surface area contributed by atoms with E-state index in [0.29, 0.717) is 19.3 Å². The van der Waals surface area contributed by atoms with Gasteiger partial charge in [-0.1, -0.05) is 222 Å². The maximum absolute atomic E-state index is 12.7. The van der Waals surface area contributed by atoms with Crippen LogP contribution in [0.3, 0.4) is 0 Å². The first kappa shape index (κ1) is 57.9. The van der Waals surface area contributed by atoms with Gasteiger partial charge in [0.1, 0.15) is 13.2 Å². The first-order valence-corrected chi connectivity index (χ1v) is 25.4. The van der Waals surface area contributed by atoms with Crippen LogP contribution in [0.1, 0.15) is 239 Å². The minimum atomic E-state index is -0.816. The highest BCUT2D eigenvalue weighted by Crippen LogP contribution is 2.15. The number of carbonyl (C=O) groups is 3. The van der Waals surface area contributed by atoms with Gasteiger partial charge in [0.05, 0.1) is 0 Å². The molecule has 0 aliphatic rings. The third-order valence-corrected chi connectivity index (χ3v) is 10.7. The van der Waals surface area contributed by atoms with Crippen molar-refractivity contribution in [2.24, 2.45) is 0 Å². The molecule has 0 bridgehead atoms. The minimum absolute atomic E-state index is 0.107. The van der Waals surface area contributed by atoms with Crippen LogP contribution < -0.4 is 0 Å². The summed E-state index contributed by atoms with van der Waals surface area (Å²) in [5, 5.41) is 0. The normalized spacial score (nSPS) is 12.6. The van der Waals surface area contributed by atoms with Crippen LogP contribution in [0.5, 0.6) is 0 Å². The van der Waals surface area contributed by atoms with Crippen LogP contribution in [-0.4, -0.2) is 37.2 Å². The lowest BCUT2D eigenvalue weighted by atomic mass is 10.0. The molecule has 1 unspecified atom stereocenters. The predicted octanol–water partition coefficient (Wildman–Crippen LogP) is 16.6. The largest absolute Gasteiger partial charge is 0.462 e. The van der Waals surface area contributed by atoms with Gasteiger partial charge in [-0.05, 0) is 70.6 Å². The van der Waals surface area contributed by atoms with E-state index in [1.807, 2.05) is 12.2 Å². The smallest absolute Gasteiger partial charge is 0.306 e. The Kier molecular flexibility index (Phi) is 46.9. The van der Waals surface area contributed by atoms with Crippen LogP contribution in [0, 0.1) is 0 Å². The van der Waals surface area contributed by atoms with E-state index in [1.165, 1.54) is 103 Å². The molecule has 0 aliphatic heterocycles. The minimum Gasteiger partial charge on any atom is -0.462 e. The maximum atomic E-state index is 12.7. The molecule has 0 saturated carbocycles. The molecule has 0 aromatic carbocycles. The SMILES string of the molecule is CC/C=C\C/C=C\C/C=C\C/C=C\C/C=C\CCC(=O)OC(COC(=O)CCCCCC/C=C\CCCC)COC(=O)CCCCCCCCCCCCCCCCCCC. The van der Waals surface area contributed by atoms with E-state index in [2.05, 4.69) is 81.5 Å². The Morgan fingerprint density at radius 2 is 0.689 bits per heavy atom. The number of esters is 3. The Labute approximate surface area is 376 Å². The Morgan fingerprint density at radius 1 is 0.344 bits per heavy atom. The zero-order chi connectivity index (χ0) is 44.4. The molecule has 6 nitrogen and oxygen atoms in total. The van der Waals surface area contributed by atoms with Crippen LogP contribution in [0.2, 0.25) is 0 Å². The molecular formula is C55H94O6. The predicted molar refractivity (Wildman–Crippen MR) is 261 cm³/mol. The van der Waals surface area contributed by atoms with Crippen LogP contribution in [0.4, 0.5) is 0 Å². The molecule has 6 heteroatoms. The van der Waals surface area contributed by atoms with Crippen molar-refractivity contribution in [2.45, 2.75) is 245 Å². The van der Waals surface area contributed by atoms with Crippen LogP contribution in [0.25, 0.3) is 0 Å². The van der Waals surface area contributed by atoms with E-state index < -0.39 is 12.1 Å². The molecule has 0 radical (unpaired) electrons. The summed E-state index contributed by atoms with van der Waals surface area (Å²) in [4.78, 5) is 37.8. The first-order valence-electron chi connectivity index (χ1n) is 25.4. The van der Waals surface area contributed by atoms with Crippen molar-refractivity contribution in [2.75, 3.05) is 13.2 Å². The van der Waals surface area contributed by atoms with Crippen LogP contribution in [0.15, 0.2) is 72.9 Å². The van der Waals surface area contributed by atoms with Crippen molar-refractivity contribution in [1.29, 1.82) is 0 Å². The molecule has 0 rings (SSSR count). The summed E-state index contributed by atoms with van der Waals surface area (Å²) in [6, 6.07) is 0. The van der Waals surface area contributed by atoms with Crippen molar-refractivity contribution in [3.8, 4) is 0 Å². The topological polar surface area (TPSA) is 78.9 Å². The van der Waals surface area contributed by atoms with Gasteiger partial charge in [0.2, 0.25) is 0 Å². The van der Waals surface area contributed by atoms with Crippen molar-refractivity contribution < 1.29 is 28.6 Å². The third-order valence-electron chi connectivity index (χ3n) is 10.7. The molecule has 0 spiro atoms. The molecule has 0 aliphatic carbocycles. The Balaban J connectivity index is 4.44. The van der Waals surface area contributed by atoms with E-state index in [9.17, 15) is 14.4 Å². The number of hydrogen-bond donors (Lipinski definition) is 0. The summed E-state index contributed by atoms with van der Waals surface area (Å²) in [5.74, 6) is -1.00. The van der Waals surface area contributed by atoms with Gasteiger partial charge < -0.3 is 14.2 Å². The highest BCUT2D eigenvalue weighted by molar-refractivity contribution is 5.71. The average molecular weight is 851 g/mol. The first-order chi connectivity index (χ1) is 30.0. The average Bonchev–Trinajstić information content (AvgIpc) is 3.26. The van der Waals surface area contributed by atoms with E-state index in [-0.39, 0.29) is 31.6 Å². The quantitative estimate of drug-likeness (QED) is 0.0263. The second kappa shape index (κ2) is 49.5. The maximum Gasteiger partial charge on any atom is 0.306 e. The summed E-state index contributed by atoms with van der Waals surface area (Å²) < 4.78 is 16.7. The lowest BCUT2D eigenvalue weighted by molar-refractivity contribution is -0.166. The highest BCUT2D eigenvalue weighted by atomic mass is 16.6. The number of allylic oxidation sites excluding steroid dienone is 12. The molecule has 350 valence electrons. The fourth-order valence-electron chi connectivity index (χ4n) is 6.88. The number of rotatable bonds is 45. The fourth-order valence-corrected chi connectivity index (χ4v) is 6.88. The number of carbonyl (C=O) groups excluding carboxylic acids is 3. The zero-order valence-electron chi connectivity index (χ0n) is 39.9. The van der Waals surface area contributed by atoms with Crippen molar-refractivity contribution >= 4 is 17.9 Å². The van der Waals surface area contributed by atoms with Crippen molar-refractivity contribution in [3.05, 3.63) is 72.9 Å². The molecule has 0 amide bonds. The summed E-state index contributed by atoms with van der Waals surface area (Å²) >= 11 is 0. The van der Waals surface area contributed by atoms with Gasteiger partial charge in [-0.3, -0.25) is 14.4 Å². The Hall–Kier alpha value is -3.15. The monoisotopic (exact) mass is 851 g/mol. The van der Waals surface area contributed by atoms with Crippen molar-refractivity contribution in [3.63, 3.8) is 0 Å². The molecule has 0 aromatic rings. The van der Waals surface area contributed by atoms with Crippen molar-refractivity contribution in [1.82, 2.24) is 0 Å². The fraction of sp³-hybridized carbons (Fsp3) is 0.727. The van der Waals surface area contributed by atoms with Gasteiger partial charge >= 0.3 is 17.9 Å². The third kappa shape index (κ3) is 47.7. The van der Waals surface area contributed by atoms with Gasteiger partial charge in [0.15, 0.2) is 6.10 Å². The molecule has 61 heavy (non-hydrogen) atoms. The van der Waals surface area contributed by atoms with Gasteiger partial charge in [-0.2, -0.15) is 0 Å². The van der Waals surface area contributed by atoms with E-state index in [0.717, 1.165) is 89.9 Å². The summed E-state index contributed by atoms with van der Waals surface area (Å²) in [6.45, 7) is 6.41. The number of unbranched alkanes of at least 4 members (excludes halogenated alkanes) is 22. The zero-order valence-corrected chi connectivity index (χ0v) is 39.9. The lowest BCUT2D eigenvalue weighted by Gasteiger charge is -2.18.